The van der Waals surface area contributed by atoms with Crippen molar-refractivity contribution in [2.24, 2.45) is 10.9 Å². The number of hydrogen-bond acceptors (Lipinski definition) is 8. The van der Waals surface area contributed by atoms with Crippen molar-refractivity contribution in [1.29, 1.82) is 0 Å². The number of aliphatic imine (C=N–C) groups is 1. The Hall–Kier alpha value is -2.89. The summed E-state index contributed by atoms with van der Waals surface area (Å²) in [4.78, 5) is 35.9. The molecule has 2 aromatic rings. The number of aliphatic hydroxyl groups is 1. The quantitative estimate of drug-likeness (QED) is 0.397. The van der Waals surface area contributed by atoms with Crippen LogP contribution in [0, 0.1) is 17.6 Å². The van der Waals surface area contributed by atoms with Gasteiger partial charge in [-0.2, -0.15) is 0 Å². The van der Waals surface area contributed by atoms with Crippen LogP contribution in [0.4, 0.5) is 8.78 Å². The molecule has 198 valence electrons. The summed E-state index contributed by atoms with van der Waals surface area (Å²) < 4.78 is 33.4. The van der Waals surface area contributed by atoms with Gasteiger partial charge in [-0.15, -0.1) is 11.3 Å². The topological polar surface area (TPSA) is 104 Å². The zero-order valence-electron chi connectivity index (χ0n) is 20.3. The number of esters is 1. The number of nitrogens with zero attached hydrogens (tertiary/aromatic N) is 3. The van der Waals surface area contributed by atoms with Gasteiger partial charge < -0.3 is 20.1 Å². The smallest absolute Gasteiger partial charge is 0.338 e. The summed E-state index contributed by atoms with van der Waals surface area (Å²) in [5, 5.41) is 14.5. The highest BCUT2D eigenvalue weighted by Gasteiger charge is 2.39. The first-order chi connectivity index (χ1) is 17.8. The minimum atomic E-state index is -1.22. The summed E-state index contributed by atoms with van der Waals surface area (Å²) in [6, 6.07) is 1.19. The minimum absolute atomic E-state index is 0.0322. The van der Waals surface area contributed by atoms with Crippen LogP contribution in [-0.4, -0.2) is 59.0 Å². The number of ether oxygens (including phenoxy) is 1. The number of aliphatic hydroxyl groups excluding tert-OH is 1. The summed E-state index contributed by atoms with van der Waals surface area (Å²) in [7, 11) is 1.24. The largest absolute Gasteiger partial charge is 0.466 e. The fourth-order valence-corrected chi connectivity index (χ4v) is 5.87. The first-order valence-corrected chi connectivity index (χ1v) is 13.1. The lowest BCUT2D eigenvalue weighted by molar-refractivity contribution is -0.136. The van der Waals surface area contributed by atoms with E-state index in [-0.39, 0.29) is 42.2 Å². The van der Waals surface area contributed by atoms with E-state index in [2.05, 4.69) is 15.3 Å². The Morgan fingerprint density at radius 1 is 1.27 bits per heavy atom. The molecule has 1 aromatic heterocycles. The minimum Gasteiger partial charge on any atom is -0.466 e. The number of rotatable bonds is 7. The fourth-order valence-electron chi connectivity index (χ4n) is 5.03. The van der Waals surface area contributed by atoms with E-state index < -0.39 is 28.7 Å². The number of thiazole rings is 1. The number of halogens is 3. The number of methoxy groups -OCH3 is 1. The Kier molecular flexibility index (Phi) is 8.56. The first-order valence-electron chi connectivity index (χ1n) is 11.8. The van der Waals surface area contributed by atoms with Crippen LogP contribution < -0.4 is 5.32 Å². The van der Waals surface area contributed by atoms with Crippen LogP contribution in [0.25, 0.3) is 0 Å². The normalized spacial score (nSPS) is 21.8. The number of allylic oxidation sites excluding steroid dienone is 1. The van der Waals surface area contributed by atoms with Crippen molar-refractivity contribution < 1.29 is 28.2 Å². The zero-order valence-corrected chi connectivity index (χ0v) is 21.9. The molecule has 2 heterocycles. The van der Waals surface area contributed by atoms with Crippen molar-refractivity contribution in [1.82, 2.24) is 15.2 Å². The number of hydrogen-bond donors (Lipinski definition) is 2. The predicted octanol–water partition coefficient (Wildman–Crippen LogP) is 3.99. The molecule has 8 nitrogen and oxygen atoms in total. The Labute approximate surface area is 222 Å². The molecule has 1 amide bonds. The van der Waals surface area contributed by atoms with E-state index in [1.54, 1.807) is 16.5 Å². The van der Waals surface area contributed by atoms with Crippen LogP contribution >= 0.6 is 22.9 Å². The molecule has 1 fully saturated rings. The molecule has 1 aliphatic carbocycles. The second kappa shape index (κ2) is 11.7. The standard InChI is InChI=1S/C25H27ClF2N4O4S/c1-13(34)32(10-11-33)15-5-3-14(4-6-15)21-18(25(35)36-2)22(16-7-8-17(27)20(28)19(16)26)31-23(30-21)24-29-9-12-37-24/h7-9,12,14-15,22,33H,3-6,10-11H2,1-2H3,(H,30,31)/t14-,15-,22?. The number of benzene rings is 1. The molecule has 0 saturated heterocycles. The molecule has 4 rings (SSSR count). The Morgan fingerprint density at radius 2 is 2.00 bits per heavy atom. The molecule has 0 radical (unpaired) electrons. The summed E-state index contributed by atoms with van der Waals surface area (Å²) in [5.74, 6) is -2.84. The number of carbonyl (C=O) groups is 2. The molecule has 1 atom stereocenters. The first kappa shape index (κ1) is 27.2. The van der Waals surface area contributed by atoms with Crippen molar-refractivity contribution in [2.45, 2.75) is 44.7 Å². The number of aromatic nitrogens is 1. The van der Waals surface area contributed by atoms with E-state index in [1.165, 1.54) is 31.4 Å². The monoisotopic (exact) mass is 552 g/mol. The van der Waals surface area contributed by atoms with E-state index >= 15 is 0 Å². The van der Waals surface area contributed by atoms with Crippen molar-refractivity contribution >= 4 is 40.6 Å². The lowest BCUT2D eigenvalue weighted by Gasteiger charge is -2.38. The summed E-state index contributed by atoms with van der Waals surface area (Å²) >= 11 is 7.55. The summed E-state index contributed by atoms with van der Waals surface area (Å²) in [5.41, 5.74) is 0.860. The van der Waals surface area contributed by atoms with Gasteiger partial charge in [-0.25, -0.2) is 18.6 Å². The zero-order chi connectivity index (χ0) is 26.7. The Morgan fingerprint density at radius 3 is 2.59 bits per heavy atom. The maximum absolute atomic E-state index is 14.5. The van der Waals surface area contributed by atoms with Gasteiger partial charge in [-0.3, -0.25) is 9.79 Å². The van der Waals surface area contributed by atoms with Crippen molar-refractivity contribution in [3.63, 3.8) is 0 Å². The lowest BCUT2D eigenvalue weighted by Crippen LogP contribution is -2.44. The van der Waals surface area contributed by atoms with E-state index in [9.17, 15) is 23.5 Å². The molecule has 1 saturated carbocycles. The third kappa shape index (κ3) is 5.53. The molecule has 1 aliphatic heterocycles. The lowest BCUT2D eigenvalue weighted by atomic mass is 9.80. The van der Waals surface area contributed by atoms with Crippen LogP contribution in [0.2, 0.25) is 5.02 Å². The molecule has 0 spiro atoms. The van der Waals surface area contributed by atoms with E-state index in [4.69, 9.17) is 16.3 Å². The molecule has 37 heavy (non-hydrogen) atoms. The summed E-state index contributed by atoms with van der Waals surface area (Å²) in [6.45, 7) is 1.62. The van der Waals surface area contributed by atoms with E-state index in [1.807, 2.05) is 0 Å². The maximum Gasteiger partial charge on any atom is 0.338 e. The Bertz CT molecular complexity index is 1230. The third-order valence-electron chi connectivity index (χ3n) is 6.77. The van der Waals surface area contributed by atoms with Gasteiger partial charge in [-0.1, -0.05) is 17.7 Å². The second-order valence-corrected chi connectivity index (χ2v) is 10.1. The number of amides is 1. The highest BCUT2D eigenvalue weighted by molar-refractivity contribution is 7.11. The molecule has 12 heteroatoms. The Balaban J connectivity index is 1.76. The third-order valence-corrected chi connectivity index (χ3v) is 7.93. The molecule has 1 aromatic carbocycles. The van der Waals surface area contributed by atoms with E-state index in [0.29, 0.717) is 42.2 Å². The van der Waals surface area contributed by atoms with Crippen LogP contribution in [0.5, 0.6) is 0 Å². The number of amidine groups is 1. The van der Waals surface area contributed by atoms with Crippen LogP contribution in [0.3, 0.4) is 0 Å². The molecule has 0 bridgehead atoms. The van der Waals surface area contributed by atoms with Crippen LogP contribution in [-0.2, 0) is 14.3 Å². The number of carbonyl (C=O) groups excluding carboxylic acids is 2. The van der Waals surface area contributed by atoms with Gasteiger partial charge in [0.05, 0.1) is 24.3 Å². The van der Waals surface area contributed by atoms with Gasteiger partial charge in [-0.05, 0) is 37.7 Å². The fraction of sp³-hybridized carbons (Fsp3) is 0.440. The van der Waals surface area contributed by atoms with Gasteiger partial charge in [0.15, 0.2) is 22.5 Å². The average Bonchev–Trinajstić information content (AvgIpc) is 3.44. The van der Waals surface area contributed by atoms with Crippen molar-refractivity contribution in [2.75, 3.05) is 20.3 Å². The van der Waals surface area contributed by atoms with Crippen LogP contribution in [0.1, 0.15) is 49.2 Å². The van der Waals surface area contributed by atoms with E-state index in [0.717, 1.165) is 6.07 Å². The molecule has 1 unspecified atom stereocenters. The SMILES string of the molecule is COC(=O)C1=C([C@H]2CC[C@H](N(CCO)C(C)=O)CC2)NC(c2nccs2)=NC1c1ccc(F)c(F)c1Cl. The molecule has 2 aliphatic rings. The van der Waals surface area contributed by atoms with Gasteiger partial charge >= 0.3 is 5.97 Å². The van der Waals surface area contributed by atoms with Crippen LogP contribution in [0.15, 0.2) is 40.0 Å². The highest BCUT2D eigenvalue weighted by Crippen LogP contribution is 2.42. The molecular formula is C25H27ClF2N4O4S. The van der Waals surface area contributed by atoms with Gasteiger partial charge in [0, 0.05) is 42.3 Å². The average molecular weight is 553 g/mol. The molecular weight excluding hydrogens is 526 g/mol. The van der Waals surface area contributed by atoms with Gasteiger partial charge in [0.2, 0.25) is 5.91 Å². The highest BCUT2D eigenvalue weighted by atomic mass is 35.5. The number of nitrogens with one attached hydrogen (secondary N) is 1. The summed E-state index contributed by atoms with van der Waals surface area (Å²) in [6.07, 6.45) is 4.19. The molecule has 2 N–H and O–H groups in total. The van der Waals surface area contributed by atoms with Crippen molar-refractivity contribution in [3.8, 4) is 0 Å². The van der Waals surface area contributed by atoms with Gasteiger partial charge in [0.25, 0.3) is 0 Å². The second-order valence-electron chi connectivity index (χ2n) is 8.87. The van der Waals surface area contributed by atoms with Crippen molar-refractivity contribution in [3.05, 3.63) is 62.2 Å². The van der Waals surface area contributed by atoms with Gasteiger partial charge in [0.1, 0.15) is 6.04 Å². The maximum atomic E-state index is 14.5. The predicted molar refractivity (Wildman–Crippen MR) is 135 cm³/mol.